The monoisotopic (exact) mass is 252 g/mol. The number of aryl methyl sites for hydroxylation is 2. The van der Waals surface area contributed by atoms with Crippen LogP contribution in [0, 0.1) is 0 Å². The number of morpholine rings is 1. The van der Waals surface area contributed by atoms with Crippen molar-refractivity contribution < 1.29 is 4.74 Å². The van der Waals surface area contributed by atoms with Crippen molar-refractivity contribution in [3.63, 3.8) is 0 Å². The SMILES string of the molecule is CCCn1cc(CC)nc1N1CCOC(CN)C1. The number of aromatic nitrogens is 2. The van der Waals surface area contributed by atoms with Gasteiger partial charge in [-0.05, 0) is 12.8 Å². The lowest BCUT2D eigenvalue weighted by molar-refractivity contribution is 0.0457. The van der Waals surface area contributed by atoms with Gasteiger partial charge < -0.3 is 19.9 Å². The van der Waals surface area contributed by atoms with Crippen LogP contribution in [-0.2, 0) is 17.7 Å². The molecule has 1 aromatic rings. The molecule has 0 radical (unpaired) electrons. The van der Waals surface area contributed by atoms with Crippen molar-refractivity contribution in [2.45, 2.75) is 39.3 Å². The van der Waals surface area contributed by atoms with E-state index in [1.165, 1.54) is 0 Å². The maximum atomic E-state index is 5.69. The Kier molecular flexibility index (Phi) is 4.60. The van der Waals surface area contributed by atoms with Gasteiger partial charge in [0, 0.05) is 32.4 Å². The third-order valence-electron chi connectivity index (χ3n) is 3.32. The zero-order chi connectivity index (χ0) is 13.0. The first-order valence-corrected chi connectivity index (χ1v) is 6.91. The van der Waals surface area contributed by atoms with E-state index in [4.69, 9.17) is 15.5 Å². The lowest BCUT2D eigenvalue weighted by atomic mass is 10.3. The van der Waals surface area contributed by atoms with E-state index in [2.05, 4.69) is 29.5 Å². The smallest absolute Gasteiger partial charge is 0.205 e. The first-order chi connectivity index (χ1) is 8.78. The molecule has 0 spiro atoms. The maximum Gasteiger partial charge on any atom is 0.205 e. The van der Waals surface area contributed by atoms with Crippen LogP contribution in [0.1, 0.15) is 26.0 Å². The molecule has 2 heterocycles. The van der Waals surface area contributed by atoms with E-state index in [9.17, 15) is 0 Å². The van der Waals surface area contributed by atoms with Crippen molar-refractivity contribution in [3.8, 4) is 0 Å². The van der Waals surface area contributed by atoms with Crippen molar-refractivity contribution in [1.29, 1.82) is 0 Å². The topological polar surface area (TPSA) is 56.3 Å². The van der Waals surface area contributed by atoms with Crippen molar-refractivity contribution in [2.75, 3.05) is 31.1 Å². The molecule has 1 aliphatic heterocycles. The minimum absolute atomic E-state index is 0.135. The summed E-state index contributed by atoms with van der Waals surface area (Å²) >= 11 is 0. The predicted octanol–water partition coefficient (Wildman–Crippen LogP) is 1.02. The fourth-order valence-electron chi connectivity index (χ4n) is 2.33. The Morgan fingerprint density at radius 2 is 2.33 bits per heavy atom. The van der Waals surface area contributed by atoms with E-state index < -0.39 is 0 Å². The van der Waals surface area contributed by atoms with Gasteiger partial charge in [-0.25, -0.2) is 4.98 Å². The molecule has 1 aliphatic rings. The number of hydrogen-bond donors (Lipinski definition) is 1. The number of rotatable bonds is 5. The Balaban J connectivity index is 2.17. The molecule has 1 aromatic heterocycles. The van der Waals surface area contributed by atoms with Gasteiger partial charge in [-0.2, -0.15) is 0 Å². The largest absolute Gasteiger partial charge is 0.373 e. The first kappa shape index (κ1) is 13.4. The average molecular weight is 252 g/mol. The predicted molar refractivity (Wildman–Crippen MR) is 72.9 cm³/mol. The highest BCUT2D eigenvalue weighted by molar-refractivity contribution is 5.34. The standard InChI is InChI=1S/C13H24N4O/c1-3-5-16-9-11(4-2)15-13(16)17-6-7-18-12(8-14)10-17/h9,12H,3-8,10,14H2,1-2H3. The Bertz CT molecular complexity index is 377. The summed E-state index contributed by atoms with van der Waals surface area (Å²) in [7, 11) is 0. The molecule has 102 valence electrons. The maximum absolute atomic E-state index is 5.69. The first-order valence-electron chi connectivity index (χ1n) is 6.91. The van der Waals surface area contributed by atoms with Gasteiger partial charge in [-0.1, -0.05) is 13.8 Å². The Labute approximate surface area is 109 Å². The van der Waals surface area contributed by atoms with Gasteiger partial charge in [-0.15, -0.1) is 0 Å². The van der Waals surface area contributed by atoms with Crippen molar-refractivity contribution in [2.24, 2.45) is 5.73 Å². The number of nitrogens with zero attached hydrogens (tertiary/aromatic N) is 3. The second kappa shape index (κ2) is 6.20. The van der Waals surface area contributed by atoms with Crippen LogP contribution in [0.15, 0.2) is 6.20 Å². The van der Waals surface area contributed by atoms with Gasteiger partial charge in [0.25, 0.3) is 0 Å². The normalized spacial score (nSPS) is 20.4. The fourth-order valence-corrected chi connectivity index (χ4v) is 2.33. The molecule has 0 amide bonds. The van der Waals surface area contributed by atoms with Crippen LogP contribution >= 0.6 is 0 Å². The zero-order valence-electron chi connectivity index (χ0n) is 11.4. The summed E-state index contributed by atoms with van der Waals surface area (Å²) in [6, 6.07) is 0. The molecule has 0 saturated carbocycles. The third-order valence-corrected chi connectivity index (χ3v) is 3.32. The quantitative estimate of drug-likeness (QED) is 0.850. The molecule has 0 bridgehead atoms. The van der Waals surface area contributed by atoms with Gasteiger partial charge in [-0.3, -0.25) is 0 Å². The molecule has 1 saturated heterocycles. The minimum Gasteiger partial charge on any atom is -0.373 e. The molecular weight excluding hydrogens is 228 g/mol. The minimum atomic E-state index is 0.135. The molecular formula is C13H24N4O. The molecule has 2 N–H and O–H groups in total. The fraction of sp³-hybridized carbons (Fsp3) is 0.769. The molecule has 0 aromatic carbocycles. The number of ether oxygens (including phenoxy) is 1. The summed E-state index contributed by atoms with van der Waals surface area (Å²) in [5.74, 6) is 1.08. The van der Waals surface area contributed by atoms with E-state index >= 15 is 0 Å². The Hall–Kier alpha value is -1.07. The lowest BCUT2D eigenvalue weighted by Crippen LogP contribution is -2.46. The molecule has 0 aliphatic carbocycles. The summed E-state index contributed by atoms with van der Waals surface area (Å²) in [6.07, 6.45) is 4.41. The number of anilines is 1. The zero-order valence-corrected chi connectivity index (χ0v) is 11.4. The van der Waals surface area contributed by atoms with Crippen LogP contribution in [-0.4, -0.2) is 41.9 Å². The Morgan fingerprint density at radius 1 is 1.50 bits per heavy atom. The molecule has 1 fully saturated rings. The van der Waals surface area contributed by atoms with Crippen LogP contribution in [0.4, 0.5) is 5.95 Å². The summed E-state index contributed by atoms with van der Waals surface area (Å²) in [6.45, 7) is 8.42. The molecule has 5 heteroatoms. The summed E-state index contributed by atoms with van der Waals surface area (Å²) in [4.78, 5) is 7.03. The molecule has 18 heavy (non-hydrogen) atoms. The van der Waals surface area contributed by atoms with Gasteiger partial charge in [0.05, 0.1) is 18.4 Å². The molecule has 5 nitrogen and oxygen atoms in total. The summed E-state index contributed by atoms with van der Waals surface area (Å²) in [5.41, 5.74) is 6.85. The van der Waals surface area contributed by atoms with Crippen LogP contribution in [0.25, 0.3) is 0 Å². The summed E-state index contributed by atoms with van der Waals surface area (Å²) < 4.78 is 7.87. The molecule has 1 unspecified atom stereocenters. The average Bonchev–Trinajstić information content (AvgIpc) is 2.82. The van der Waals surface area contributed by atoms with Gasteiger partial charge >= 0.3 is 0 Å². The van der Waals surface area contributed by atoms with Crippen LogP contribution < -0.4 is 10.6 Å². The van der Waals surface area contributed by atoms with E-state index in [0.29, 0.717) is 6.54 Å². The van der Waals surface area contributed by atoms with E-state index in [0.717, 1.165) is 50.7 Å². The lowest BCUT2D eigenvalue weighted by Gasteiger charge is -2.33. The van der Waals surface area contributed by atoms with Crippen molar-refractivity contribution in [3.05, 3.63) is 11.9 Å². The third kappa shape index (κ3) is 2.84. The summed E-state index contributed by atoms with van der Waals surface area (Å²) in [5, 5.41) is 0. The van der Waals surface area contributed by atoms with Gasteiger partial charge in [0.2, 0.25) is 5.95 Å². The van der Waals surface area contributed by atoms with Crippen molar-refractivity contribution >= 4 is 5.95 Å². The van der Waals surface area contributed by atoms with E-state index in [1.54, 1.807) is 0 Å². The Morgan fingerprint density at radius 3 is 3.00 bits per heavy atom. The highest BCUT2D eigenvalue weighted by Gasteiger charge is 2.23. The van der Waals surface area contributed by atoms with Crippen LogP contribution in [0.3, 0.4) is 0 Å². The van der Waals surface area contributed by atoms with E-state index in [-0.39, 0.29) is 6.10 Å². The second-order valence-corrected chi connectivity index (χ2v) is 4.75. The van der Waals surface area contributed by atoms with Gasteiger partial charge in [0.15, 0.2) is 0 Å². The van der Waals surface area contributed by atoms with Crippen LogP contribution in [0.2, 0.25) is 0 Å². The molecule has 1 atom stereocenters. The highest BCUT2D eigenvalue weighted by Crippen LogP contribution is 2.18. The number of nitrogens with two attached hydrogens (primary N) is 1. The molecule has 2 rings (SSSR count). The van der Waals surface area contributed by atoms with Crippen LogP contribution in [0.5, 0.6) is 0 Å². The van der Waals surface area contributed by atoms with E-state index in [1.807, 2.05) is 0 Å². The number of imidazole rings is 1. The van der Waals surface area contributed by atoms with Gasteiger partial charge in [0.1, 0.15) is 0 Å². The van der Waals surface area contributed by atoms with Crippen molar-refractivity contribution in [1.82, 2.24) is 9.55 Å². The second-order valence-electron chi connectivity index (χ2n) is 4.75. The highest BCUT2D eigenvalue weighted by atomic mass is 16.5. The number of hydrogen-bond acceptors (Lipinski definition) is 4.